The fourth-order valence-corrected chi connectivity index (χ4v) is 2.11. The van der Waals surface area contributed by atoms with E-state index in [2.05, 4.69) is 16.9 Å². The van der Waals surface area contributed by atoms with Crippen LogP contribution in [0.25, 0.3) is 11.3 Å². The zero-order chi connectivity index (χ0) is 14.8. The third-order valence-electron chi connectivity index (χ3n) is 3.22. The first-order valence-corrected chi connectivity index (χ1v) is 6.74. The molecule has 0 saturated heterocycles. The van der Waals surface area contributed by atoms with Crippen LogP contribution in [0.4, 0.5) is 5.95 Å². The predicted octanol–water partition coefficient (Wildman–Crippen LogP) is 2.14. The molecule has 21 heavy (non-hydrogen) atoms. The highest BCUT2D eigenvalue weighted by Gasteiger charge is 2.16. The summed E-state index contributed by atoms with van der Waals surface area (Å²) in [6, 6.07) is 7.43. The van der Waals surface area contributed by atoms with E-state index in [0.29, 0.717) is 36.5 Å². The number of hydrogen-bond donors (Lipinski definition) is 1. The molecule has 3 rings (SSSR count). The zero-order valence-electron chi connectivity index (χ0n) is 12.0. The average Bonchev–Trinajstić information content (AvgIpc) is 2.68. The van der Waals surface area contributed by atoms with Crippen molar-refractivity contribution in [1.82, 2.24) is 9.97 Å². The molecule has 110 valence electrons. The summed E-state index contributed by atoms with van der Waals surface area (Å²) in [5, 5.41) is 0. The minimum atomic E-state index is 0.171. The lowest BCUT2D eigenvalue weighted by molar-refractivity contribution is 0.228. The van der Waals surface area contributed by atoms with Crippen LogP contribution in [0.2, 0.25) is 0 Å². The van der Waals surface area contributed by atoms with Crippen molar-refractivity contribution in [3.05, 3.63) is 24.3 Å². The summed E-state index contributed by atoms with van der Waals surface area (Å²) in [4.78, 5) is 8.21. The maximum Gasteiger partial charge on any atom is 0.223 e. The largest absolute Gasteiger partial charge is 0.489 e. The van der Waals surface area contributed by atoms with Gasteiger partial charge in [-0.3, -0.25) is 0 Å². The molecule has 0 amide bonds. The standard InChI is InChI=1S/C15H17N3O3/c1-9-7-20-12-4-3-10(5-13(12)21-8-9)11-6-14(19-2)18-15(16)17-11/h3-6,9H,7-8H2,1-2H3,(H2,16,17,18). The van der Waals surface area contributed by atoms with Gasteiger partial charge in [0, 0.05) is 17.5 Å². The van der Waals surface area contributed by atoms with Crippen LogP contribution in [0.15, 0.2) is 24.3 Å². The fraction of sp³-hybridized carbons (Fsp3) is 0.333. The summed E-state index contributed by atoms with van der Waals surface area (Å²) in [7, 11) is 1.54. The number of fused-ring (bicyclic) bond motifs is 1. The molecule has 1 aliphatic heterocycles. The predicted molar refractivity (Wildman–Crippen MR) is 78.6 cm³/mol. The average molecular weight is 287 g/mol. The van der Waals surface area contributed by atoms with Gasteiger partial charge in [0.2, 0.25) is 11.8 Å². The number of nitrogens with zero attached hydrogens (tertiary/aromatic N) is 2. The number of methoxy groups -OCH3 is 1. The van der Waals surface area contributed by atoms with Gasteiger partial charge in [-0.15, -0.1) is 0 Å². The Morgan fingerprint density at radius 2 is 1.90 bits per heavy atom. The van der Waals surface area contributed by atoms with E-state index in [1.807, 2.05) is 18.2 Å². The van der Waals surface area contributed by atoms with Crippen molar-refractivity contribution in [1.29, 1.82) is 0 Å². The second-order valence-corrected chi connectivity index (χ2v) is 5.04. The molecular weight excluding hydrogens is 270 g/mol. The van der Waals surface area contributed by atoms with Gasteiger partial charge in [-0.05, 0) is 18.2 Å². The number of benzene rings is 1. The normalized spacial score (nSPS) is 17.1. The van der Waals surface area contributed by atoms with Gasteiger partial charge in [0.1, 0.15) is 0 Å². The number of aromatic nitrogens is 2. The Hall–Kier alpha value is -2.50. The summed E-state index contributed by atoms with van der Waals surface area (Å²) in [6.07, 6.45) is 0. The Bertz CT molecular complexity index is 661. The fourth-order valence-electron chi connectivity index (χ4n) is 2.11. The lowest BCUT2D eigenvalue weighted by Crippen LogP contribution is -2.12. The number of ether oxygens (including phenoxy) is 3. The topological polar surface area (TPSA) is 79.5 Å². The zero-order valence-corrected chi connectivity index (χ0v) is 12.0. The van der Waals surface area contributed by atoms with E-state index < -0.39 is 0 Å². The van der Waals surface area contributed by atoms with Crippen molar-refractivity contribution in [2.24, 2.45) is 5.92 Å². The number of anilines is 1. The lowest BCUT2D eigenvalue weighted by Gasteiger charge is -2.10. The van der Waals surface area contributed by atoms with Gasteiger partial charge in [-0.2, -0.15) is 4.98 Å². The van der Waals surface area contributed by atoms with Crippen LogP contribution in [0.3, 0.4) is 0 Å². The number of rotatable bonds is 2. The third-order valence-corrected chi connectivity index (χ3v) is 3.22. The Balaban J connectivity index is 1.99. The molecule has 0 bridgehead atoms. The van der Waals surface area contributed by atoms with Crippen LogP contribution in [0.5, 0.6) is 17.4 Å². The molecule has 0 radical (unpaired) electrons. The third kappa shape index (κ3) is 2.84. The number of hydrogen-bond acceptors (Lipinski definition) is 6. The van der Waals surface area contributed by atoms with Gasteiger partial charge in [0.05, 0.1) is 26.0 Å². The second-order valence-electron chi connectivity index (χ2n) is 5.04. The van der Waals surface area contributed by atoms with Crippen LogP contribution in [0.1, 0.15) is 6.92 Å². The Morgan fingerprint density at radius 1 is 1.14 bits per heavy atom. The highest BCUT2D eigenvalue weighted by molar-refractivity contribution is 5.65. The maximum absolute atomic E-state index is 5.78. The molecule has 0 spiro atoms. The molecule has 1 atom stereocenters. The van der Waals surface area contributed by atoms with Gasteiger partial charge in [-0.1, -0.05) is 6.92 Å². The van der Waals surface area contributed by atoms with Gasteiger partial charge in [0.15, 0.2) is 11.5 Å². The molecule has 1 aliphatic rings. The summed E-state index contributed by atoms with van der Waals surface area (Å²) in [6.45, 7) is 3.37. The molecular formula is C15H17N3O3. The summed E-state index contributed by atoms with van der Waals surface area (Å²) >= 11 is 0. The van der Waals surface area contributed by atoms with E-state index in [1.54, 1.807) is 13.2 Å². The molecule has 6 nitrogen and oxygen atoms in total. The van der Waals surface area contributed by atoms with Crippen LogP contribution in [0, 0.1) is 5.92 Å². The molecule has 1 aromatic heterocycles. The van der Waals surface area contributed by atoms with Gasteiger partial charge in [0.25, 0.3) is 0 Å². The van der Waals surface area contributed by atoms with Gasteiger partial charge < -0.3 is 19.9 Å². The molecule has 1 aromatic carbocycles. The van der Waals surface area contributed by atoms with Crippen molar-refractivity contribution in [2.75, 3.05) is 26.1 Å². The SMILES string of the molecule is COc1cc(-c2ccc3c(c2)OCC(C)CO3)nc(N)n1. The molecule has 2 heterocycles. The number of nitrogens with two attached hydrogens (primary N) is 1. The highest BCUT2D eigenvalue weighted by Crippen LogP contribution is 2.34. The van der Waals surface area contributed by atoms with Crippen molar-refractivity contribution < 1.29 is 14.2 Å². The van der Waals surface area contributed by atoms with Crippen LogP contribution in [-0.2, 0) is 0 Å². The molecule has 6 heteroatoms. The minimum absolute atomic E-state index is 0.171. The summed E-state index contributed by atoms with van der Waals surface area (Å²) in [5.74, 6) is 2.42. The van der Waals surface area contributed by atoms with Crippen molar-refractivity contribution in [3.8, 4) is 28.6 Å². The first-order chi connectivity index (χ1) is 10.2. The number of nitrogen functional groups attached to an aromatic ring is 1. The van der Waals surface area contributed by atoms with E-state index in [9.17, 15) is 0 Å². The van der Waals surface area contributed by atoms with E-state index in [1.165, 1.54) is 0 Å². The first kappa shape index (κ1) is 13.5. The molecule has 1 unspecified atom stereocenters. The van der Waals surface area contributed by atoms with Crippen LogP contribution < -0.4 is 19.9 Å². The molecule has 2 N–H and O–H groups in total. The molecule has 0 aliphatic carbocycles. The maximum atomic E-state index is 5.78. The summed E-state index contributed by atoms with van der Waals surface area (Å²) in [5.41, 5.74) is 7.25. The van der Waals surface area contributed by atoms with Crippen LogP contribution >= 0.6 is 0 Å². The monoisotopic (exact) mass is 287 g/mol. The van der Waals surface area contributed by atoms with E-state index >= 15 is 0 Å². The quantitative estimate of drug-likeness (QED) is 0.911. The van der Waals surface area contributed by atoms with Gasteiger partial charge in [-0.25, -0.2) is 4.98 Å². The van der Waals surface area contributed by atoms with Crippen molar-refractivity contribution in [2.45, 2.75) is 6.92 Å². The van der Waals surface area contributed by atoms with Crippen LogP contribution in [-0.4, -0.2) is 30.3 Å². The van der Waals surface area contributed by atoms with E-state index in [0.717, 1.165) is 11.3 Å². The highest BCUT2D eigenvalue weighted by atomic mass is 16.5. The van der Waals surface area contributed by atoms with Crippen molar-refractivity contribution in [3.63, 3.8) is 0 Å². The minimum Gasteiger partial charge on any atom is -0.489 e. The smallest absolute Gasteiger partial charge is 0.223 e. The molecule has 0 saturated carbocycles. The van der Waals surface area contributed by atoms with Gasteiger partial charge >= 0.3 is 0 Å². The first-order valence-electron chi connectivity index (χ1n) is 6.74. The second kappa shape index (κ2) is 5.47. The van der Waals surface area contributed by atoms with Crippen molar-refractivity contribution >= 4 is 5.95 Å². The van der Waals surface area contributed by atoms with E-state index in [-0.39, 0.29) is 5.95 Å². The molecule has 2 aromatic rings. The Morgan fingerprint density at radius 3 is 2.67 bits per heavy atom. The Labute approximate surface area is 122 Å². The summed E-state index contributed by atoms with van der Waals surface area (Å²) < 4.78 is 16.6. The van der Waals surface area contributed by atoms with E-state index in [4.69, 9.17) is 19.9 Å². The lowest BCUT2D eigenvalue weighted by atomic mass is 10.1. The molecule has 0 fully saturated rings. The Kier molecular flexibility index (Phi) is 3.51.